The summed E-state index contributed by atoms with van der Waals surface area (Å²) in [6.07, 6.45) is 2.35. The quantitative estimate of drug-likeness (QED) is 0.796. The average Bonchev–Trinajstić information content (AvgIpc) is 2.69. The zero-order chi connectivity index (χ0) is 18.4. The Morgan fingerprint density at radius 1 is 1.31 bits per heavy atom. The molecule has 1 aromatic heterocycles. The maximum Gasteiger partial charge on any atom is 0.259 e. The second kappa shape index (κ2) is 8.67. The number of ether oxygens (including phenoxy) is 3. The summed E-state index contributed by atoms with van der Waals surface area (Å²) in [6.45, 7) is 3.99. The Labute approximate surface area is 153 Å². The van der Waals surface area contributed by atoms with Crippen molar-refractivity contribution >= 4 is 5.91 Å². The third-order valence-electron chi connectivity index (χ3n) is 4.33. The van der Waals surface area contributed by atoms with Crippen LogP contribution in [-0.4, -0.2) is 55.3 Å². The van der Waals surface area contributed by atoms with Gasteiger partial charge in [0.2, 0.25) is 5.88 Å². The molecule has 0 bridgehead atoms. The molecular formula is C20H24N2O4. The lowest BCUT2D eigenvalue weighted by atomic mass is 10.1. The predicted octanol–water partition coefficient (Wildman–Crippen LogP) is 2.57. The smallest absolute Gasteiger partial charge is 0.259 e. The monoisotopic (exact) mass is 356 g/mol. The lowest BCUT2D eigenvalue weighted by Crippen LogP contribution is -2.46. The summed E-state index contributed by atoms with van der Waals surface area (Å²) >= 11 is 0. The van der Waals surface area contributed by atoms with Crippen LogP contribution in [0.5, 0.6) is 11.6 Å². The highest BCUT2D eigenvalue weighted by atomic mass is 16.5. The Morgan fingerprint density at radius 2 is 2.12 bits per heavy atom. The van der Waals surface area contributed by atoms with Gasteiger partial charge >= 0.3 is 0 Å². The number of amides is 1. The van der Waals surface area contributed by atoms with Gasteiger partial charge in [0.15, 0.2) is 0 Å². The van der Waals surface area contributed by atoms with Crippen LogP contribution in [0.1, 0.15) is 22.8 Å². The summed E-state index contributed by atoms with van der Waals surface area (Å²) in [5.74, 6) is 1.15. The number of carbonyl (C=O) groups excluding carboxylic acids is 1. The zero-order valence-corrected chi connectivity index (χ0v) is 15.2. The van der Waals surface area contributed by atoms with Crippen molar-refractivity contribution in [3.05, 3.63) is 53.7 Å². The van der Waals surface area contributed by atoms with Crippen molar-refractivity contribution < 1.29 is 19.0 Å². The summed E-state index contributed by atoms with van der Waals surface area (Å²) in [5.41, 5.74) is 1.65. The topological polar surface area (TPSA) is 60.9 Å². The third kappa shape index (κ3) is 4.32. The van der Waals surface area contributed by atoms with Crippen molar-refractivity contribution in [3.8, 4) is 11.6 Å². The van der Waals surface area contributed by atoms with Crippen LogP contribution in [0.15, 0.2) is 42.6 Å². The van der Waals surface area contributed by atoms with Crippen LogP contribution in [-0.2, 0) is 11.2 Å². The van der Waals surface area contributed by atoms with Crippen LogP contribution in [0.25, 0.3) is 0 Å². The van der Waals surface area contributed by atoms with E-state index >= 15 is 0 Å². The number of aromatic nitrogens is 1. The normalized spacial score (nSPS) is 17.0. The molecule has 1 aliphatic heterocycles. The minimum Gasteiger partial charge on any atom is -0.497 e. The third-order valence-corrected chi connectivity index (χ3v) is 4.33. The first-order valence-corrected chi connectivity index (χ1v) is 8.83. The van der Waals surface area contributed by atoms with Gasteiger partial charge in [-0.25, -0.2) is 4.98 Å². The second-order valence-electron chi connectivity index (χ2n) is 6.09. The summed E-state index contributed by atoms with van der Waals surface area (Å²) in [6, 6.07) is 11.4. The van der Waals surface area contributed by atoms with E-state index in [-0.39, 0.29) is 12.0 Å². The predicted molar refractivity (Wildman–Crippen MR) is 97.7 cm³/mol. The van der Waals surface area contributed by atoms with E-state index in [4.69, 9.17) is 14.2 Å². The van der Waals surface area contributed by atoms with Gasteiger partial charge in [-0.05, 0) is 36.8 Å². The number of carbonyl (C=O) groups is 1. The molecule has 1 aromatic carbocycles. The van der Waals surface area contributed by atoms with Gasteiger partial charge in [-0.1, -0.05) is 12.1 Å². The molecule has 0 radical (unpaired) electrons. The van der Waals surface area contributed by atoms with Crippen molar-refractivity contribution in [3.63, 3.8) is 0 Å². The van der Waals surface area contributed by atoms with Gasteiger partial charge in [0.1, 0.15) is 11.3 Å². The largest absolute Gasteiger partial charge is 0.497 e. The fourth-order valence-electron chi connectivity index (χ4n) is 3.03. The van der Waals surface area contributed by atoms with Gasteiger partial charge < -0.3 is 19.1 Å². The first-order chi connectivity index (χ1) is 12.7. The summed E-state index contributed by atoms with van der Waals surface area (Å²) in [4.78, 5) is 18.9. The van der Waals surface area contributed by atoms with E-state index in [1.54, 1.807) is 25.4 Å². The Morgan fingerprint density at radius 3 is 2.85 bits per heavy atom. The van der Waals surface area contributed by atoms with Crippen LogP contribution in [0.2, 0.25) is 0 Å². The van der Waals surface area contributed by atoms with E-state index in [0.717, 1.165) is 17.7 Å². The molecule has 0 aliphatic carbocycles. The number of nitrogens with zero attached hydrogens (tertiary/aromatic N) is 2. The summed E-state index contributed by atoms with van der Waals surface area (Å²) < 4.78 is 16.5. The summed E-state index contributed by atoms with van der Waals surface area (Å²) in [5, 5.41) is 0. The van der Waals surface area contributed by atoms with Crippen molar-refractivity contribution in [1.82, 2.24) is 9.88 Å². The number of hydrogen-bond donors (Lipinski definition) is 0. The minimum atomic E-state index is -0.0652. The van der Waals surface area contributed by atoms with Gasteiger partial charge in [-0.15, -0.1) is 0 Å². The van der Waals surface area contributed by atoms with Crippen LogP contribution >= 0.6 is 0 Å². The fraction of sp³-hybridized carbons (Fsp3) is 0.400. The Hall–Kier alpha value is -2.60. The molecule has 1 amide bonds. The fourth-order valence-corrected chi connectivity index (χ4v) is 3.03. The molecule has 6 heteroatoms. The van der Waals surface area contributed by atoms with Crippen molar-refractivity contribution in [1.29, 1.82) is 0 Å². The zero-order valence-electron chi connectivity index (χ0n) is 15.2. The SMILES string of the molecule is CCOc1ncccc1C(=O)N1CCO[C@@H](Cc2ccc(OC)cc2)C1. The molecule has 1 aliphatic rings. The van der Waals surface area contributed by atoms with E-state index < -0.39 is 0 Å². The van der Waals surface area contributed by atoms with Crippen LogP contribution in [0, 0.1) is 0 Å². The molecule has 26 heavy (non-hydrogen) atoms. The molecule has 1 fully saturated rings. The van der Waals surface area contributed by atoms with Crippen molar-refractivity contribution in [2.75, 3.05) is 33.4 Å². The second-order valence-corrected chi connectivity index (χ2v) is 6.09. The number of hydrogen-bond acceptors (Lipinski definition) is 5. The van der Waals surface area contributed by atoms with Gasteiger partial charge in [0.05, 0.1) is 26.4 Å². The summed E-state index contributed by atoms with van der Waals surface area (Å²) in [7, 11) is 1.65. The number of pyridine rings is 1. The number of morpholine rings is 1. The number of methoxy groups -OCH3 is 1. The van der Waals surface area contributed by atoms with Gasteiger partial charge in [-0.3, -0.25) is 4.79 Å². The molecule has 138 valence electrons. The van der Waals surface area contributed by atoms with E-state index in [2.05, 4.69) is 4.98 Å². The molecule has 2 heterocycles. The van der Waals surface area contributed by atoms with Crippen LogP contribution < -0.4 is 9.47 Å². The first kappa shape index (κ1) is 18.2. The van der Waals surface area contributed by atoms with E-state index in [1.165, 1.54) is 0 Å². The van der Waals surface area contributed by atoms with Crippen LogP contribution in [0.3, 0.4) is 0 Å². The molecule has 3 rings (SSSR count). The standard InChI is InChI=1S/C20H24N2O4/c1-3-25-19-18(5-4-10-21-19)20(23)22-11-12-26-17(14-22)13-15-6-8-16(24-2)9-7-15/h4-10,17H,3,11-14H2,1-2H3/t17-/m0/s1. The van der Waals surface area contributed by atoms with E-state index in [9.17, 15) is 4.79 Å². The van der Waals surface area contributed by atoms with Crippen molar-refractivity contribution in [2.45, 2.75) is 19.4 Å². The Balaban J connectivity index is 1.67. The molecule has 2 aromatic rings. The molecule has 0 unspecified atom stereocenters. The average molecular weight is 356 g/mol. The first-order valence-electron chi connectivity index (χ1n) is 8.83. The number of benzene rings is 1. The number of rotatable bonds is 6. The molecule has 1 saturated heterocycles. The maximum atomic E-state index is 12.9. The Bertz CT molecular complexity index is 733. The van der Waals surface area contributed by atoms with E-state index in [0.29, 0.717) is 37.7 Å². The maximum absolute atomic E-state index is 12.9. The van der Waals surface area contributed by atoms with Gasteiger partial charge in [0.25, 0.3) is 5.91 Å². The van der Waals surface area contributed by atoms with Gasteiger partial charge in [-0.2, -0.15) is 0 Å². The highest BCUT2D eigenvalue weighted by Crippen LogP contribution is 2.20. The highest BCUT2D eigenvalue weighted by Gasteiger charge is 2.27. The molecule has 0 spiro atoms. The molecule has 0 saturated carbocycles. The molecule has 1 atom stereocenters. The van der Waals surface area contributed by atoms with Crippen LogP contribution in [0.4, 0.5) is 0 Å². The molecule has 0 N–H and O–H groups in total. The van der Waals surface area contributed by atoms with Crippen molar-refractivity contribution in [2.24, 2.45) is 0 Å². The van der Waals surface area contributed by atoms with E-state index in [1.807, 2.05) is 36.1 Å². The minimum absolute atomic E-state index is 0.0340. The molecular weight excluding hydrogens is 332 g/mol. The lowest BCUT2D eigenvalue weighted by Gasteiger charge is -2.33. The van der Waals surface area contributed by atoms with Gasteiger partial charge in [0, 0.05) is 25.7 Å². The molecule has 6 nitrogen and oxygen atoms in total. The highest BCUT2D eigenvalue weighted by molar-refractivity contribution is 5.96. The lowest BCUT2D eigenvalue weighted by molar-refractivity contribution is -0.0209. The Kier molecular flexibility index (Phi) is 6.07.